The van der Waals surface area contributed by atoms with Crippen molar-refractivity contribution < 1.29 is 9.59 Å². The first kappa shape index (κ1) is 21.0. The van der Waals surface area contributed by atoms with Crippen LogP contribution in [0.2, 0.25) is 0 Å². The lowest BCUT2D eigenvalue weighted by Crippen LogP contribution is -2.51. The maximum atomic E-state index is 13.1. The quantitative estimate of drug-likeness (QED) is 0.607. The number of hydrogen-bond donors (Lipinski definition) is 2. The van der Waals surface area contributed by atoms with Crippen LogP contribution in [-0.4, -0.2) is 33.2 Å². The fourth-order valence-electron chi connectivity index (χ4n) is 5.02. The van der Waals surface area contributed by atoms with Crippen molar-refractivity contribution in [1.29, 1.82) is 0 Å². The Hall–Kier alpha value is -3.87. The summed E-state index contributed by atoms with van der Waals surface area (Å²) in [6.45, 7) is 11.3. The number of rotatable bonds is 4. The third-order valence-corrected chi connectivity index (χ3v) is 6.86. The van der Waals surface area contributed by atoms with Crippen LogP contribution in [0.15, 0.2) is 49.0 Å². The first-order chi connectivity index (χ1) is 15.7. The molecule has 0 spiro atoms. The molecular formula is C26H27N5O2. The molecule has 3 aromatic rings. The smallest absolute Gasteiger partial charge is 0.322 e. The Kier molecular flexibility index (Phi) is 4.67. The van der Waals surface area contributed by atoms with Gasteiger partial charge >= 0.3 is 6.03 Å². The van der Waals surface area contributed by atoms with Gasteiger partial charge in [-0.1, -0.05) is 48.5 Å². The molecule has 3 amide bonds. The Bertz CT molecular complexity index is 1320. The fourth-order valence-corrected chi connectivity index (χ4v) is 5.02. The number of fused-ring (bicyclic) bond motifs is 1. The molecule has 7 nitrogen and oxygen atoms in total. The number of benzene rings is 2. The van der Waals surface area contributed by atoms with Gasteiger partial charge in [-0.15, -0.1) is 0 Å². The molecule has 2 N–H and O–H groups in total. The second-order valence-electron chi connectivity index (χ2n) is 9.02. The maximum absolute atomic E-state index is 13.1. The third kappa shape index (κ3) is 3.23. The van der Waals surface area contributed by atoms with E-state index in [1.165, 1.54) is 5.56 Å². The van der Waals surface area contributed by atoms with Gasteiger partial charge in [-0.3, -0.25) is 14.8 Å². The number of imide groups is 1. The molecule has 7 heteroatoms. The van der Waals surface area contributed by atoms with Gasteiger partial charge in [-0.25, -0.2) is 4.79 Å². The molecule has 0 unspecified atom stereocenters. The number of hydrogen-bond acceptors (Lipinski definition) is 4. The Morgan fingerprint density at radius 2 is 1.82 bits per heavy atom. The van der Waals surface area contributed by atoms with E-state index < -0.39 is 11.6 Å². The van der Waals surface area contributed by atoms with Crippen molar-refractivity contribution in [1.82, 2.24) is 25.3 Å². The van der Waals surface area contributed by atoms with Gasteiger partial charge in [0.2, 0.25) is 0 Å². The number of amides is 3. The Morgan fingerprint density at radius 1 is 1.09 bits per heavy atom. The summed E-state index contributed by atoms with van der Waals surface area (Å²) >= 11 is 0. The number of aromatic nitrogens is 2. The predicted molar refractivity (Wildman–Crippen MR) is 127 cm³/mol. The van der Waals surface area contributed by atoms with E-state index in [9.17, 15) is 9.59 Å². The summed E-state index contributed by atoms with van der Waals surface area (Å²) in [4.78, 5) is 27.4. The second kappa shape index (κ2) is 7.33. The topological polar surface area (TPSA) is 79.3 Å². The van der Waals surface area contributed by atoms with Crippen LogP contribution in [0, 0.1) is 20.8 Å². The Labute approximate surface area is 193 Å². The van der Waals surface area contributed by atoms with Crippen molar-refractivity contribution in [2.75, 3.05) is 6.54 Å². The van der Waals surface area contributed by atoms with Crippen LogP contribution in [0.3, 0.4) is 0 Å². The lowest BCUT2D eigenvalue weighted by Gasteiger charge is -2.33. The fraction of sp³-hybridized carbons (Fsp3) is 0.269. The maximum Gasteiger partial charge on any atom is 0.322 e. The van der Waals surface area contributed by atoms with Gasteiger partial charge in [0, 0.05) is 36.1 Å². The summed E-state index contributed by atoms with van der Waals surface area (Å²) in [6, 6.07) is 13.6. The highest BCUT2D eigenvalue weighted by atomic mass is 16.2. The van der Waals surface area contributed by atoms with Gasteiger partial charge in [0.25, 0.3) is 5.91 Å². The van der Waals surface area contributed by atoms with Crippen molar-refractivity contribution in [2.24, 2.45) is 7.05 Å². The molecule has 1 fully saturated rings. The minimum Gasteiger partial charge on any atom is -0.364 e. The second-order valence-corrected chi connectivity index (χ2v) is 9.02. The standard InChI is InChI=1S/C26H27N5O2/c1-15-6-7-20-13-31(17(3)22(20)12-15)14-26(24(32)27-25(33)28-26)21-10-8-19(9-11-21)23-16(2)29-30(5)18(23)4/h6-12H,3,13-14H2,1-2,4-5H3,(H2,27,28,32,33)/t26-/m0/s1. The van der Waals surface area contributed by atoms with Gasteiger partial charge < -0.3 is 10.2 Å². The number of carbonyl (C=O) groups excluding carboxylic acids is 2. The van der Waals surface area contributed by atoms with Crippen LogP contribution < -0.4 is 10.6 Å². The summed E-state index contributed by atoms with van der Waals surface area (Å²) in [5.74, 6) is -0.353. The molecule has 0 bridgehead atoms. The molecule has 33 heavy (non-hydrogen) atoms. The Balaban J connectivity index is 1.51. The molecule has 2 aliphatic rings. The van der Waals surface area contributed by atoms with Crippen molar-refractivity contribution in [3.8, 4) is 11.1 Å². The van der Waals surface area contributed by atoms with Crippen LogP contribution in [0.25, 0.3) is 16.8 Å². The SMILES string of the molecule is C=C1c2cc(C)ccc2CN1C[C@@]1(c2ccc(-c3c(C)nn(C)c3C)cc2)NC(=O)NC1=O. The number of nitrogens with zero attached hydrogens (tertiary/aromatic N) is 3. The van der Waals surface area contributed by atoms with E-state index >= 15 is 0 Å². The van der Waals surface area contributed by atoms with Crippen molar-refractivity contribution in [3.63, 3.8) is 0 Å². The molecule has 0 aliphatic carbocycles. The average Bonchev–Trinajstić information content (AvgIpc) is 3.33. The minimum atomic E-state index is -1.20. The number of aryl methyl sites for hydroxylation is 3. The van der Waals surface area contributed by atoms with E-state index in [1.54, 1.807) is 0 Å². The van der Waals surface area contributed by atoms with E-state index in [2.05, 4.69) is 52.3 Å². The van der Waals surface area contributed by atoms with Gasteiger partial charge in [-0.05, 0) is 43.5 Å². The highest BCUT2D eigenvalue weighted by Gasteiger charge is 2.49. The van der Waals surface area contributed by atoms with Crippen molar-refractivity contribution in [2.45, 2.75) is 32.9 Å². The lowest BCUT2D eigenvalue weighted by molar-refractivity contribution is -0.124. The normalized spacial score (nSPS) is 19.6. The summed E-state index contributed by atoms with van der Waals surface area (Å²) in [6.07, 6.45) is 0. The minimum absolute atomic E-state index is 0.293. The summed E-state index contributed by atoms with van der Waals surface area (Å²) in [7, 11) is 1.93. The molecule has 2 aliphatic heterocycles. The monoisotopic (exact) mass is 441 g/mol. The van der Waals surface area contributed by atoms with Crippen LogP contribution in [-0.2, 0) is 23.9 Å². The first-order valence-corrected chi connectivity index (χ1v) is 11.0. The molecular weight excluding hydrogens is 414 g/mol. The van der Waals surface area contributed by atoms with Crippen molar-refractivity contribution in [3.05, 3.63) is 82.7 Å². The molecule has 1 saturated heterocycles. The lowest BCUT2D eigenvalue weighted by atomic mass is 9.87. The first-order valence-electron chi connectivity index (χ1n) is 11.0. The average molecular weight is 442 g/mol. The zero-order valence-electron chi connectivity index (χ0n) is 19.3. The van der Waals surface area contributed by atoms with Crippen LogP contribution in [0.1, 0.15) is 33.6 Å². The molecule has 1 aromatic heterocycles. The van der Waals surface area contributed by atoms with Crippen molar-refractivity contribution >= 4 is 17.6 Å². The zero-order valence-corrected chi connectivity index (χ0v) is 19.3. The number of nitrogens with one attached hydrogen (secondary N) is 2. The van der Waals surface area contributed by atoms with E-state index in [1.807, 2.05) is 49.8 Å². The summed E-state index contributed by atoms with van der Waals surface area (Å²) in [5, 5.41) is 9.85. The van der Waals surface area contributed by atoms with Gasteiger partial charge in [0.15, 0.2) is 5.54 Å². The van der Waals surface area contributed by atoms with E-state index in [-0.39, 0.29) is 5.91 Å². The number of urea groups is 1. The highest BCUT2D eigenvalue weighted by Crippen LogP contribution is 2.37. The molecule has 2 aromatic carbocycles. The van der Waals surface area contributed by atoms with E-state index in [0.717, 1.165) is 44.9 Å². The predicted octanol–water partition coefficient (Wildman–Crippen LogP) is 3.53. The van der Waals surface area contributed by atoms with E-state index in [4.69, 9.17) is 0 Å². The molecule has 3 heterocycles. The van der Waals surface area contributed by atoms with Crippen LogP contribution >= 0.6 is 0 Å². The molecule has 5 rings (SSSR count). The summed E-state index contributed by atoms with van der Waals surface area (Å²) in [5.41, 5.74) is 7.94. The molecule has 168 valence electrons. The zero-order chi connectivity index (χ0) is 23.5. The van der Waals surface area contributed by atoms with Crippen LogP contribution in [0.4, 0.5) is 4.79 Å². The van der Waals surface area contributed by atoms with E-state index in [0.29, 0.717) is 13.1 Å². The summed E-state index contributed by atoms with van der Waals surface area (Å²) < 4.78 is 1.86. The molecule has 0 radical (unpaired) electrons. The third-order valence-electron chi connectivity index (χ3n) is 6.86. The highest BCUT2D eigenvalue weighted by molar-refractivity contribution is 6.07. The van der Waals surface area contributed by atoms with Gasteiger partial charge in [0.05, 0.1) is 12.2 Å². The van der Waals surface area contributed by atoms with Gasteiger partial charge in [0.1, 0.15) is 0 Å². The number of carbonyl (C=O) groups is 2. The van der Waals surface area contributed by atoms with Gasteiger partial charge in [-0.2, -0.15) is 5.10 Å². The van der Waals surface area contributed by atoms with Crippen LogP contribution in [0.5, 0.6) is 0 Å². The molecule has 1 atom stereocenters. The molecule has 0 saturated carbocycles. The largest absolute Gasteiger partial charge is 0.364 e. The Morgan fingerprint density at radius 3 is 2.42 bits per heavy atom.